The van der Waals surface area contributed by atoms with E-state index in [2.05, 4.69) is 10.3 Å². The van der Waals surface area contributed by atoms with Crippen LogP contribution in [0.3, 0.4) is 0 Å². The summed E-state index contributed by atoms with van der Waals surface area (Å²) >= 11 is 0. The summed E-state index contributed by atoms with van der Waals surface area (Å²) in [5.41, 5.74) is 1.88. The molecule has 1 heterocycles. The molecule has 26 heavy (non-hydrogen) atoms. The van der Waals surface area contributed by atoms with Crippen LogP contribution >= 0.6 is 0 Å². The topological polar surface area (TPSA) is 82.5 Å². The number of nitrogens with one attached hydrogen (secondary N) is 1. The molecule has 0 aliphatic rings. The monoisotopic (exact) mass is 355 g/mol. The number of rotatable bonds is 9. The highest BCUT2D eigenvalue weighted by Gasteiger charge is 2.19. The van der Waals surface area contributed by atoms with Crippen molar-refractivity contribution in [1.82, 2.24) is 15.2 Å². The molecule has 0 fully saturated rings. The smallest absolute Gasteiger partial charge is 0.317 e. The van der Waals surface area contributed by atoms with Gasteiger partial charge in [-0.05, 0) is 37.5 Å². The molecule has 2 N–H and O–H groups in total. The molecule has 0 spiro atoms. The van der Waals surface area contributed by atoms with Gasteiger partial charge in [0.25, 0.3) is 0 Å². The Morgan fingerprint density at radius 3 is 2.50 bits per heavy atom. The zero-order chi connectivity index (χ0) is 18.8. The van der Waals surface area contributed by atoms with Crippen LogP contribution < -0.4 is 5.32 Å². The van der Waals surface area contributed by atoms with Crippen molar-refractivity contribution in [1.29, 1.82) is 0 Å². The van der Waals surface area contributed by atoms with Crippen molar-refractivity contribution in [3.05, 3.63) is 66.0 Å². The summed E-state index contributed by atoms with van der Waals surface area (Å²) in [5, 5.41) is 12.0. The van der Waals surface area contributed by atoms with Crippen molar-refractivity contribution in [2.75, 3.05) is 6.54 Å². The molecule has 2 aromatic rings. The van der Waals surface area contributed by atoms with E-state index in [0.717, 1.165) is 11.3 Å². The minimum absolute atomic E-state index is 0.0180. The summed E-state index contributed by atoms with van der Waals surface area (Å²) in [5.74, 6) is -0.863. The molecule has 0 saturated carbocycles. The number of benzene rings is 1. The first kappa shape index (κ1) is 19.4. The average molecular weight is 355 g/mol. The lowest BCUT2D eigenvalue weighted by Gasteiger charge is -2.25. The Kier molecular flexibility index (Phi) is 7.61. The molecule has 138 valence electrons. The fraction of sp³-hybridized carbons (Fsp3) is 0.350. The highest BCUT2D eigenvalue weighted by Crippen LogP contribution is 2.09. The van der Waals surface area contributed by atoms with Gasteiger partial charge >= 0.3 is 12.0 Å². The van der Waals surface area contributed by atoms with Gasteiger partial charge in [-0.2, -0.15) is 0 Å². The first-order valence-electron chi connectivity index (χ1n) is 8.79. The lowest BCUT2D eigenvalue weighted by molar-refractivity contribution is -0.137. The molecule has 6 heteroatoms. The van der Waals surface area contributed by atoms with Crippen molar-refractivity contribution in [2.45, 2.75) is 38.8 Å². The molecule has 0 aliphatic carbocycles. The highest BCUT2D eigenvalue weighted by molar-refractivity contribution is 5.74. The van der Waals surface area contributed by atoms with Crippen LogP contribution in [0.4, 0.5) is 4.79 Å². The second-order valence-electron chi connectivity index (χ2n) is 6.10. The van der Waals surface area contributed by atoms with Gasteiger partial charge < -0.3 is 15.3 Å². The Balaban J connectivity index is 2.01. The van der Waals surface area contributed by atoms with Crippen LogP contribution in [0.25, 0.3) is 0 Å². The number of urea groups is 1. The number of aliphatic carboxylic acids is 1. The lowest BCUT2D eigenvalue weighted by atomic mass is 10.0. The maximum Gasteiger partial charge on any atom is 0.317 e. The summed E-state index contributed by atoms with van der Waals surface area (Å²) in [7, 11) is 0. The molecule has 2 rings (SSSR count). The summed E-state index contributed by atoms with van der Waals surface area (Å²) < 4.78 is 0. The van der Waals surface area contributed by atoms with Gasteiger partial charge in [0.05, 0.1) is 12.2 Å². The number of amides is 2. The van der Waals surface area contributed by atoms with E-state index < -0.39 is 5.97 Å². The number of nitrogens with zero attached hydrogens (tertiary/aromatic N) is 2. The number of hydrogen-bond donors (Lipinski definition) is 2. The third-order valence-corrected chi connectivity index (χ3v) is 4.11. The Labute approximate surface area is 153 Å². The summed E-state index contributed by atoms with van der Waals surface area (Å²) in [6.45, 7) is 2.87. The van der Waals surface area contributed by atoms with Gasteiger partial charge in [0.15, 0.2) is 0 Å². The number of pyridine rings is 1. The van der Waals surface area contributed by atoms with Crippen LogP contribution in [-0.4, -0.2) is 39.6 Å². The number of hydrogen-bond acceptors (Lipinski definition) is 3. The Hall–Kier alpha value is -2.89. The second kappa shape index (κ2) is 10.2. The zero-order valence-corrected chi connectivity index (χ0v) is 15.0. The largest absolute Gasteiger partial charge is 0.481 e. The molecule has 1 aromatic carbocycles. The van der Waals surface area contributed by atoms with Crippen molar-refractivity contribution in [2.24, 2.45) is 0 Å². The van der Waals surface area contributed by atoms with Crippen molar-refractivity contribution in [3.63, 3.8) is 0 Å². The van der Waals surface area contributed by atoms with Gasteiger partial charge in [-0.25, -0.2) is 4.79 Å². The molecule has 2 amide bonds. The van der Waals surface area contributed by atoms with E-state index in [4.69, 9.17) is 5.11 Å². The summed E-state index contributed by atoms with van der Waals surface area (Å²) in [4.78, 5) is 29.5. The van der Waals surface area contributed by atoms with Crippen LogP contribution in [0.5, 0.6) is 0 Å². The molecule has 0 bridgehead atoms. The first-order valence-corrected chi connectivity index (χ1v) is 8.79. The SMILES string of the molecule is CCN(Cc1ccccn1)C(=O)NC(CCC(=O)O)Cc1ccccc1. The van der Waals surface area contributed by atoms with Crippen LogP contribution in [-0.2, 0) is 17.8 Å². The van der Waals surface area contributed by atoms with E-state index in [1.807, 2.05) is 55.5 Å². The predicted molar refractivity (Wildman–Crippen MR) is 99.7 cm³/mol. The predicted octanol–water partition coefficient (Wildman–Crippen LogP) is 3.09. The van der Waals surface area contributed by atoms with Gasteiger partial charge in [0.2, 0.25) is 0 Å². The van der Waals surface area contributed by atoms with Crippen molar-refractivity contribution >= 4 is 12.0 Å². The van der Waals surface area contributed by atoms with Crippen LogP contribution in [0.1, 0.15) is 31.0 Å². The minimum Gasteiger partial charge on any atom is -0.481 e. The fourth-order valence-electron chi connectivity index (χ4n) is 2.70. The maximum atomic E-state index is 12.7. The number of carbonyl (C=O) groups excluding carboxylic acids is 1. The molecule has 1 aromatic heterocycles. The number of aromatic nitrogens is 1. The van der Waals surface area contributed by atoms with E-state index in [9.17, 15) is 9.59 Å². The quantitative estimate of drug-likeness (QED) is 0.724. The molecule has 0 saturated heterocycles. The van der Waals surface area contributed by atoms with Gasteiger partial charge in [-0.15, -0.1) is 0 Å². The highest BCUT2D eigenvalue weighted by atomic mass is 16.4. The number of carboxylic acid groups (broad SMARTS) is 1. The minimum atomic E-state index is -0.863. The first-order chi connectivity index (χ1) is 12.6. The molecular weight excluding hydrogens is 330 g/mol. The van der Waals surface area contributed by atoms with E-state index in [0.29, 0.717) is 25.9 Å². The molecule has 0 radical (unpaired) electrons. The Morgan fingerprint density at radius 2 is 1.88 bits per heavy atom. The van der Waals surface area contributed by atoms with Gasteiger partial charge in [-0.3, -0.25) is 9.78 Å². The zero-order valence-electron chi connectivity index (χ0n) is 15.0. The van der Waals surface area contributed by atoms with Crippen LogP contribution in [0.15, 0.2) is 54.7 Å². The van der Waals surface area contributed by atoms with Crippen molar-refractivity contribution in [3.8, 4) is 0 Å². The lowest BCUT2D eigenvalue weighted by Crippen LogP contribution is -2.45. The van der Waals surface area contributed by atoms with E-state index in [1.165, 1.54) is 0 Å². The standard InChI is InChI=1S/C20H25N3O3/c1-2-23(15-18-10-6-7-13-21-18)20(26)22-17(11-12-19(24)25)14-16-8-4-3-5-9-16/h3-10,13,17H,2,11-12,14-15H2,1H3,(H,22,26)(H,24,25). The second-order valence-corrected chi connectivity index (χ2v) is 6.10. The Morgan fingerprint density at radius 1 is 1.15 bits per heavy atom. The van der Waals surface area contributed by atoms with Crippen LogP contribution in [0.2, 0.25) is 0 Å². The van der Waals surface area contributed by atoms with E-state index in [-0.39, 0.29) is 18.5 Å². The number of carboxylic acids is 1. The molecule has 0 aliphatic heterocycles. The van der Waals surface area contributed by atoms with Crippen molar-refractivity contribution < 1.29 is 14.7 Å². The molecule has 1 atom stereocenters. The summed E-state index contributed by atoms with van der Waals surface area (Å²) in [6, 6.07) is 14.9. The number of carbonyl (C=O) groups is 2. The Bertz CT molecular complexity index is 692. The fourth-order valence-corrected chi connectivity index (χ4v) is 2.70. The van der Waals surface area contributed by atoms with E-state index in [1.54, 1.807) is 11.1 Å². The van der Waals surface area contributed by atoms with Gasteiger partial charge in [-0.1, -0.05) is 36.4 Å². The average Bonchev–Trinajstić information content (AvgIpc) is 2.65. The third kappa shape index (κ3) is 6.55. The van der Waals surface area contributed by atoms with E-state index >= 15 is 0 Å². The third-order valence-electron chi connectivity index (χ3n) is 4.11. The van der Waals surface area contributed by atoms with Gasteiger partial charge in [0.1, 0.15) is 0 Å². The molecule has 1 unspecified atom stereocenters. The molecule has 6 nitrogen and oxygen atoms in total. The molecular formula is C20H25N3O3. The normalized spacial score (nSPS) is 11.6. The van der Waals surface area contributed by atoms with Crippen LogP contribution in [0, 0.1) is 0 Å². The summed E-state index contributed by atoms with van der Waals surface area (Å²) in [6.07, 6.45) is 2.70. The maximum absolute atomic E-state index is 12.7. The van der Waals surface area contributed by atoms with Gasteiger partial charge in [0, 0.05) is 25.2 Å².